The fourth-order valence-electron chi connectivity index (χ4n) is 5.81. The predicted octanol–water partition coefficient (Wildman–Crippen LogP) is 14.5. The Morgan fingerprint density at radius 1 is 0.524 bits per heavy atom. The highest BCUT2D eigenvalue weighted by molar-refractivity contribution is 9.11. The van der Waals surface area contributed by atoms with E-state index in [0.717, 1.165) is 24.0 Å². The van der Waals surface area contributed by atoms with Crippen LogP contribution in [0.15, 0.2) is 22.0 Å². The molecule has 0 aliphatic rings. The number of aldehydes is 1. The van der Waals surface area contributed by atoms with Crippen molar-refractivity contribution < 1.29 is 4.79 Å². The molecule has 0 aliphatic carbocycles. The van der Waals surface area contributed by atoms with Crippen LogP contribution in [0.2, 0.25) is 0 Å². The lowest BCUT2D eigenvalue weighted by molar-refractivity contribution is 0.112. The smallest absolute Gasteiger partial charge is 0.160 e. The first kappa shape index (κ1) is 35.7. The number of thiophene rings is 3. The number of halogens is 1. The van der Waals surface area contributed by atoms with Crippen LogP contribution in [0.4, 0.5) is 0 Å². The molecule has 3 aromatic heterocycles. The number of carbonyl (C=O) groups is 1. The third-order valence-electron chi connectivity index (χ3n) is 8.36. The molecule has 42 heavy (non-hydrogen) atoms. The Labute approximate surface area is 278 Å². The van der Waals surface area contributed by atoms with Gasteiger partial charge in [-0.15, -0.1) is 34.0 Å². The average Bonchev–Trinajstić information content (AvgIpc) is 3.71. The SMILES string of the molecule is CCCCCCCCc1cc(-c2sc(-c3sc(C=O)cc3CCCCCCCC)cc2CCCCCCCC)sc1Br. The summed E-state index contributed by atoms with van der Waals surface area (Å²) in [7, 11) is 0. The molecule has 0 unspecified atom stereocenters. The van der Waals surface area contributed by atoms with Crippen LogP contribution in [-0.4, -0.2) is 6.29 Å². The second-order valence-electron chi connectivity index (χ2n) is 12.0. The molecule has 0 spiro atoms. The van der Waals surface area contributed by atoms with Crippen LogP contribution in [0.3, 0.4) is 0 Å². The van der Waals surface area contributed by atoms with E-state index in [1.165, 1.54) is 162 Å². The van der Waals surface area contributed by atoms with Gasteiger partial charge in [0, 0.05) is 19.5 Å². The van der Waals surface area contributed by atoms with Crippen molar-refractivity contribution in [3.63, 3.8) is 0 Å². The molecule has 3 aromatic rings. The molecule has 3 heterocycles. The van der Waals surface area contributed by atoms with Crippen molar-refractivity contribution in [2.45, 2.75) is 156 Å². The van der Waals surface area contributed by atoms with Gasteiger partial charge in [0.25, 0.3) is 0 Å². The topological polar surface area (TPSA) is 17.1 Å². The van der Waals surface area contributed by atoms with Crippen molar-refractivity contribution in [2.24, 2.45) is 0 Å². The summed E-state index contributed by atoms with van der Waals surface area (Å²) < 4.78 is 1.31. The van der Waals surface area contributed by atoms with E-state index in [9.17, 15) is 4.79 Å². The van der Waals surface area contributed by atoms with Crippen molar-refractivity contribution in [3.05, 3.63) is 43.6 Å². The molecule has 234 valence electrons. The maximum atomic E-state index is 11.8. The van der Waals surface area contributed by atoms with Crippen LogP contribution in [0.5, 0.6) is 0 Å². The summed E-state index contributed by atoms with van der Waals surface area (Å²) in [4.78, 5) is 18.3. The second-order valence-corrected chi connectivity index (χ2v) is 16.6. The summed E-state index contributed by atoms with van der Waals surface area (Å²) in [5.74, 6) is 0. The third-order valence-corrected chi connectivity index (χ3v) is 13.0. The van der Waals surface area contributed by atoms with Gasteiger partial charge in [0.2, 0.25) is 0 Å². The van der Waals surface area contributed by atoms with Crippen LogP contribution in [0.1, 0.15) is 163 Å². The second kappa shape index (κ2) is 21.1. The lowest BCUT2D eigenvalue weighted by Gasteiger charge is -2.03. The van der Waals surface area contributed by atoms with E-state index in [-0.39, 0.29) is 0 Å². The fraction of sp³-hybridized carbons (Fsp3) is 0.649. The van der Waals surface area contributed by atoms with Crippen molar-refractivity contribution in [3.8, 4) is 19.5 Å². The van der Waals surface area contributed by atoms with Crippen LogP contribution in [0, 0.1) is 0 Å². The molecule has 0 radical (unpaired) electrons. The molecular weight excluding hydrogens is 637 g/mol. The molecule has 0 fully saturated rings. The minimum atomic E-state index is 0.874. The summed E-state index contributed by atoms with van der Waals surface area (Å²) in [6, 6.07) is 7.13. The predicted molar refractivity (Wildman–Crippen MR) is 195 cm³/mol. The number of carbonyl (C=O) groups excluding carboxylic acids is 1. The molecule has 0 aliphatic heterocycles. The number of hydrogen-bond acceptors (Lipinski definition) is 4. The normalized spacial score (nSPS) is 11.5. The molecule has 0 N–H and O–H groups in total. The fourth-order valence-corrected chi connectivity index (χ4v) is 10.1. The summed E-state index contributed by atoms with van der Waals surface area (Å²) in [5, 5.41) is 0. The van der Waals surface area contributed by atoms with Gasteiger partial charge in [0.1, 0.15) is 0 Å². The molecule has 0 atom stereocenters. The maximum absolute atomic E-state index is 11.8. The monoisotopic (exact) mass is 690 g/mol. The number of unbranched alkanes of at least 4 members (excludes halogenated alkanes) is 15. The first-order chi connectivity index (χ1) is 20.6. The zero-order chi connectivity index (χ0) is 30.0. The molecule has 1 nitrogen and oxygen atoms in total. The van der Waals surface area contributed by atoms with Gasteiger partial charge in [-0.1, -0.05) is 117 Å². The van der Waals surface area contributed by atoms with Crippen LogP contribution in [0.25, 0.3) is 19.5 Å². The summed E-state index contributed by atoms with van der Waals surface area (Å²) in [5.41, 5.74) is 4.37. The minimum absolute atomic E-state index is 0.874. The van der Waals surface area contributed by atoms with Gasteiger partial charge in [-0.25, -0.2) is 0 Å². The molecule has 0 aromatic carbocycles. The van der Waals surface area contributed by atoms with Gasteiger partial charge in [-0.3, -0.25) is 4.79 Å². The van der Waals surface area contributed by atoms with Crippen molar-refractivity contribution in [1.29, 1.82) is 0 Å². The standard InChI is InChI=1S/C37H55BrOS3/c1-4-7-10-13-16-19-22-29-25-32(28-39)40-35(29)33-26-30(23-20-17-14-11-8-5-2)36(41-33)34-27-31(37(38)42-34)24-21-18-15-12-9-6-3/h25-28H,4-24H2,1-3H3. The highest BCUT2D eigenvalue weighted by Gasteiger charge is 2.19. The van der Waals surface area contributed by atoms with E-state index in [0.29, 0.717) is 0 Å². The highest BCUT2D eigenvalue weighted by Crippen LogP contribution is 2.46. The van der Waals surface area contributed by atoms with Crippen LogP contribution in [-0.2, 0) is 19.3 Å². The average molecular weight is 692 g/mol. The van der Waals surface area contributed by atoms with Gasteiger partial charge in [-0.2, -0.15) is 0 Å². The van der Waals surface area contributed by atoms with Gasteiger partial charge >= 0.3 is 0 Å². The molecule has 0 saturated heterocycles. The summed E-state index contributed by atoms with van der Waals surface area (Å²) in [6.45, 7) is 6.86. The van der Waals surface area contributed by atoms with Gasteiger partial charge in [0.15, 0.2) is 6.29 Å². The summed E-state index contributed by atoms with van der Waals surface area (Å²) in [6.07, 6.45) is 28.3. The number of hydrogen-bond donors (Lipinski definition) is 0. The molecule has 3 rings (SSSR count). The third kappa shape index (κ3) is 12.0. The van der Waals surface area contributed by atoms with Gasteiger partial charge < -0.3 is 0 Å². The van der Waals surface area contributed by atoms with E-state index in [2.05, 4.69) is 54.9 Å². The number of aryl methyl sites for hydroxylation is 3. The van der Waals surface area contributed by atoms with E-state index in [1.807, 2.05) is 22.7 Å². The van der Waals surface area contributed by atoms with Crippen LogP contribution >= 0.6 is 49.9 Å². The zero-order valence-corrected chi connectivity index (χ0v) is 30.7. The zero-order valence-electron chi connectivity index (χ0n) is 26.7. The van der Waals surface area contributed by atoms with E-state index in [1.54, 1.807) is 11.3 Å². The Balaban J connectivity index is 1.78. The van der Waals surface area contributed by atoms with Gasteiger partial charge in [0.05, 0.1) is 8.66 Å². The Morgan fingerprint density at radius 3 is 1.45 bits per heavy atom. The van der Waals surface area contributed by atoms with E-state index >= 15 is 0 Å². The summed E-state index contributed by atoms with van der Waals surface area (Å²) >= 11 is 9.53. The Morgan fingerprint density at radius 2 is 0.929 bits per heavy atom. The number of rotatable bonds is 24. The van der Waals surface area contributed by atoms with Crippen molar-refractivity contribution in [2.75, 3.05) is 0 Å². The lowest BCUT2D eigenvalue weighted by Crippen LogP contribution is -1.87. The molecule has 0 bridgehead atoms. The first-order valence-corrected chi connectivity index (χ1v) is 20.3. The molecule has 0 saturated carbocycles. The molecular formula is C37H55BrOS3. The van der Waals surface area contributed by atoms with Crippen LogP contribution < -0.4 is 0 Å². The lowest BCUT2D eigenvalue weighted by atomic mass is 10.0. The van der Waals surface area contributed by atoms with E-state index < -0.39 is 0 Å². The van der Waals surface area contributed by atoms with Gasteiger partial charge in [-0.05, 0) is 89.3 Å². The maximum Gasteiger partial charge on any atom is 0.160 e. The Kier molecular flexibility index (Phi) is 17.9. The first-order valence-electron chi connectivity index (χ1n) is 17.1. The minimum Gasteiger partial charge on any atom is -0.297 e. The quantitative estimate of drug-likeness (QED) is 0.0675. The van der Waals surface area contributed by atoms with Crippen molar-refractivity contribution in [1.82, 2.24) is 0 Å². The Hall–Kier alpha value is -0.750. The highest BCUT2D eigenvalue weighted by atomic mass is 79.9. The Bertz CT molecular complexity index is 1150. The largest absolute Gasteiger partial charge is 0.297 e. The molecule has 5 heteroatoms. The van der Waals surface area contributed by atoms with E-state index in [4.69, 9.17) is 0 Å². The molecule has 0 amide bonds. The van der Waals surface area contributed by atoms with Crippen molar-refractivity contribution >= 4 is 56.2 Å².